The third-order valence-corrected chi connectivity index (χ3v) is 24.6. The molecule has 13 heterocycles. The van der Waals surface area contributed by atoms with Gasteiger partial charge >= 0.3 is 28.4 Å². The second-order valence-corrected chi connectivity index (χ2v) is 32.3. The van der Waals surface area contributed by atoms with Gasteiger partial charge in [-0.15, -0.1) is 0 Å². The summed E-state index contributed by atoms with van der Waals surface area (Å²) in [5, 5.41) is 60.0. The smallest absolute Gasteiger partial charge is 0.351 e. The molecule has 16 rings (SSSR count). The van der Waals surface area contributed by atoms with E-state index in [1.54, 1.807) is 20.8 Å². The number of nitrogens with one attached hydrogen (secondary N) is 2. The number of anilines is 3. The Labute approximate surface area is 652 Å². The van der Waals surface area contributed by atoms with Crippen LogP contribution >= 0.6 is 0 Å². The Morgan fingerprint density at radius 1 is 0.400 bits per heavy atom. The zero-order valence-electron chi connectivity index (χ0n) is 64.8. The zero-order chi connectivity index (χ0) is 83.9. The van der Waals surface area contributed by atoms with Crippen LogP contribution < -0.4 is 56.8 Å². The number of nitrogens with two attached hydrogens (primary N) is 3. The van der Waals surface area contributed by atoms with Crippen molar-refractivity contribution < 1.29 is 105 Å². The summed E-state index contributed by atoms with van der Waals surface area (Å²) < 4.78 is 141. The van der Waals surface area contributed by atoms with E-state index < -0.39 is 221 Å². The number of aromatic amines is 2. The van der Waals surface area contributed by atoms with E-state index in [9.17, 15) is 86.2 Å². The Bertz CT molecular complexity index is 4530. The minimum Gasteiger partial charge on any atom is -0.393 e. The molecule has 42 heteroatoms. The summed E-state index contributed by atoms with van der Waals surface area (Å²) >= 11 is 0. The number of aliphatic hydroxyl groups is 6. The van der Waals surface area contributed by atoms with Crippen LogP contribution in [0.25, 0.3) is 0 Å². The molecule has 115 heavy (non-hydrogen) atoms. The molecule has 8 saturated heterocycles. The van der Waals surface area contributed by atoms with Crippen LogP contribution in [-0.2, 0) is 52.1 Å². The van der Waals surface area contributed by atoms with Crippen molar-refractivity contribution >= 4 is 17.5 Å². The van der Waals surface area contributed by atoms with Crippen LogP contribution in [0.1, 0.15) is 183 Å². The van der Waals surface area contributed by atoms with Gasteiger partial charge in [-0.25, -0.2) is 45.9 Å². The molecule has 5 aromatic heterocycles. The molecule has 5 aromatic rings. The molecule has 0 unspecified atom stereocenters. The summed E-state index contributed by atoms with van der Waals surface area (Å²) in [6.07, 6.45) is 7.14. The molecule has 37 nitrogen and oxygen atoms in total. The van der Waals surface area contributed by atoms with Gasteiger partial charge in [-0.1, -0.05) is 20.8 Å². The normalized spacial score (nSPS) is 38.5. The average molecular weight is 1640 g/mol. The minimum atomic E-state index is -1.99. The van der Waals surface area contributed by atoms with Crippen molar-refractivity contribution in [3.05, 3.63) is 134 Å². The zero-order valence-corrected chi connectivity index (χ0v) is 64.8. The Hall–Kier alpha value is -7.63. The van der Waals surface area contributed by atoms with Crippen molar-refractivity contribution in [2.45, 2.75) is 287 Å². The number of nitrogens with zero attached hydrogens (tertiary/aromatic N) is 8. The number of rotatable bonds is 15. The van der Waals surface area contributed by atoms with E-state index >= 15 is 0 Å². The van der Waals surface area contributed by atoms with Crippen molar-refractivity contribution in [2.75, 3.05) is 63.8 Å². The number of fused-ring (bicyclic) bond motifs is 3. The summed E-state index contributed by atoms with van der Waals surface area (Å²) in [4.78, 5) is 98.3. The third-order valence-electron chi connectivity index (χ3n) is 24.6. The summed E-state index contributed by atoms with van der Waals surface area (Å²) in [6.45, 7) is 7.02. The maximum absolute atomic E-state index is 14.1. The summed E-state index contributed by atoms with van der Waals surface area (Å²) in [6, 6.07) is 6.59. The van der Waals surface area contributed by atoms with Crippen LogP contribution in [0.3, 0.4) is 0 Å². The van der Waals surface area contributed by atoms with Crippen molar-refractivity contribution in [1.82, 2.24) is 47.8 Å². The minimum absolute atomic E-state index is 0.0247. The van der Waals surface area contributed by atoms with Gasteiger partial charge in [-0.3, -0.25) is 42.4 Å². The lowest BCUT2D eigenvalue weighted by Gasteiger charge is -2.33. The van der Waals surface area contributed by atoms with Gasteiger partial charge in [0.2, 0.25) is 0 Å². The van der Waals surface area contributed by atoms with Crippen LogP contribution in [0.2, 0.25) is 0 Å². The van der Waals surface area contributed by atoms with Gasteiger partial charge in [0, 0.05) is 81.6 Å². The fraction of sp³-hybridized carbons (Fsp3) is 0.726. The number of ether oxygens (including phenoxy) is 11. The predicted octanol–water partition coefficient (Wildman–Crippen LogP) is 1.51. The van der Waals surface area contributed by atoms with E-state index in [4.69, 9.17) is 69.3 Å². The van der Waals surface area contributed by atoms with Crippen molar-refractivity contribution in [3.63, 3.8) is 0 Å². The van der Waals surface area contributed by atoms with Gasteiger partial charge in [0.05, 0.1) is 13.2 Å². The van der Waals surface area contributed by atoms with Crippen molar-refractivity contribution in [2.24, 2.45) is 0 Å². The second kappa shape index (κ2) is 31.6. The first-order chi connectivity index (χ1) is 54.2. The number of H-pyrrole nitrogens is 2. The number of nitrogen functional groups attached to an aromatic ring is 3. The SMILES string of the molecule is CC[C@@]1(CF)O[C@@H](n2ccc(=O)[nH]c2=O)[C@]2(C)OC3(CCCC3)O[C@H]12.CC[C@@]1(CF)O[C@@H](n2ccc(N)nc2=O)[C@](C)(O)[C@@H]1O.CC[C@@]1(CF)O[C@@H](n2ccc(N)nc2=O)[C@]2(C)OC3(CCCC3)O[C@H]12.C[C@@]1(O)[C@H](O)[C@](CO)(CF)O[C@H]1n1ccc(N)nc1=O.C[C@@]12OC3(CCCC3)O[C@@H]1[C@](CO)(CF)O[C@H]2n1ccc(=O)[nH]c1=O. The van der Waals surface area contributed by atoms with Crippen LogP contribution in [0.15, 0.2) is 94.9 Å². The highest BCUT2D eigenvalue weighted by Gasteiger charge is 2.75. The lowest BCUT2D eigenvalue weighted by atomic mass is 9.86. The van der Waals surface area contributed by atoms with Crippen LogP contribution in [0.5, 0.6) is 0 Å². The number of halogens is 5. The molecule has 3 saturated carbocycles. The largest absolute Gasteiger partial charge is 0.393 e. The second-order valence-electron chi connectivity index (χ2n) is 32.3. The van der Waals surface area contributed by atoms with Gasteiger partial charge in [0.1, 0.15) is 126 Å². The van der Waals surface area contributed by atoms with E-state index in [-0.39, 0.29) is 23.9 Å². The quantitative estimate of drug-likeness (QED) is 0.0662. The summed E-state index contributed by atoms with van der Waals surface area (Å²) in [7, 11) is 0. The van der Waals surface area contributed by atoms with E-state index in [1.165, 1.54) is 84.3 Å². The van der Waals surface area contributed by atoms with Crippen LogP contribution in [0, 0.1) is 0 Å². The van der Waals surface area contributed by atoms with Crippen molar-refractivity contribution in [3.8, 4) is 0 Å². The highest BCUT2D eigenvalue weighted by Crippen LogP contribution is 2.62. The van der Waals surface area contributed by atoms with E-state index in [0.717, 1.165) is 77.9 Å². The van der Waals surface area contributed by atoms with Gasteiger partial charge in [-0.2, -0.15) is 15.0 Å². The number of aliphatic hydroxyl groups excluding tert-OH is 4. The standard InChI is InChI=1S/C17H24FN3O4.C17H23FN2O5.C16H21FN2O6.C12H18FN3O4.C11H16FN3O5/c1-3-16(10-18)12-15(2,25-17(23-12)7-4-5-8-17)13(24-16)21-9-6-11(19)20-14(21)22;1-3-16(10-18)12-15(2,25-17(23-12)7-4-5-8-17)13(24-16)20-9-6-11(21)19-14(20)22;1-14-11(23-16(25-14)5-2-3-6-16)15(8-17,9-20)24-12(14)19-7-4-10(21)18-13(19)22;1-3-12(6-13)8(17)11(2,19)9(20-12)16-5-4-7(14)15-10(16)18;1-10(19)7(17)11(4-12,5-16)20-8(10)15-3-2-6(13)14-9(15)18/h6,9,12-13H,3-5,7-8,10H2,1-2H3,(H2,19,20,22);6,9,12-13H,3-5,7-8,10H2,1-2H3,(H,19,21,22);4,7,11-12,20H,2-3,5-6,8-9H2,1H3,(H,18,21,22);4-5,8-9,17,19H,3,6H2,1-2H3,(H2,14,15,18);2-3,7-8,16-17,19H,4-5H2,1H3,(H2,13,14,18)/t2*12-,13+,15+,16-;11-,12+,14+,15+;8-,9+,11+,12-;7-,8+,10+,11+/m00000/s1. The number of hydrogen-bond donors (Lipinski definition) is 11. The molecule has 3 spiro atoms. The Balaban J connectivity index is 0.000000133. The fourth-order valence-corrected chi connectivity index (χ4v) is 18.3. The molecule has 0 bridgehead atoms. The monoisotopic (exact) mass is 1640 g/mol. The fourth-order valence-electron chi connectivity index (χ4n) is 18.3. The lowest BCUT2D eigenvalue weighted by molar-refractivity contribution is -0.253. The van der Waals surface area contributed by atoms with Crippen molar-refractivity contribution in [1.29, 1.82) is 0 Å². The van der Waals surface area contributed by atoms with Gasteiger partial charge in [0.25, 0.3) is 11.1 Å². The summed E-state index contributed by atoms with van der Waals surface area (Å²) in [5.74, 6) is -2.16. The third kappa shape index (κ3) is 14.5. The molecule has 0 amide bonds. The molecule has 3 aliphatic carbocycles. The average Bonchev–Trinajstić information content (AvgIpc) is 1.55. The van der Waals surface area contributed by atoms with Crippen LogP contribution in [0.4, 0.5) is 39.4 Å². The Morgan fingerprint density at radius 3 is 0.930 bits per heavy atom. The van der Waals surface area contributed by atoms with E-state index in [2.05, 4.69) is 24.9 Å². The molecular formula is C73H102F5N13O24. The first kappa shape index (κ1) is 86.7. The Morgan fingerprint density at radius 2 is 0.661 bits per heavy atom. The molecule has 0 aromatic carbocycles. The number of hydrogen-bond acceptors (Lipinski definition) is 30. The van der Waals surface area contributed by atoms with Gasteiger partial charge in [-0.05, 0) is 111 Å². The maximum atomic E-state index is 14.1. The first-order valence-corrected chi connectivity index (χ1v) is 38.2. The first-order valence-electron chi connectivity index (χ1n) is 38.2. The molecule has 14 N–H and O–H groups in total. The predicted molar refractivity (Wildman–Crippen MR) is 391 cm³/mol. The number of alkyl halides is 5. The van der Waals surface area contributed by atoms with Gasteiger partial charge < -0.3 is 99.9 Å². The Kier molecular flexibility index (Phi) is 23.8. The van der Waals surface area contributed by atoms with E-state index in [0.29, 0.717) is 25.7 Å². The summed E-state index contributed by atoms with van der Waals surface area (Å²) in [5.41, 5.74) is -2.62. The molecule has 20 atom stereocenters. The molecule has 11 fully saturated rings. The molecule has 638 valence electrons. The lowest BCUT2D eigenvalue weighted by Crippen LogP contribution is -2.52. The van der Waals surface area contributed by atoms with E-state index in [1.807, 2.05) is 20.8 Å². The number of aromatic nitrogens is 10. The molecule has 11 aliphatic rings. The topological polar surface area (TPSA) is 515 Å². The van der Waals surface area contributed by atoms with Crippen LogP contribution in [-0.4, -0.2) is 229 Å². The highest BCUT2D eigenvalue weighted by molar-refractivity contribution is 5.27. The maximum Gasteiger partial charge on any atom is 0.351 e. The molecule has 0 radical (unpaired) electrons. The highest BCUT2D eigenvalue weighted by atomic mass is 19.1. The molecule has 8 aliphatic heterocycles. The molecular weight excluding hydrogens is 1540 g/mol. The van der Waals surface area contributed by atoms with Gasteiger partial charge in [0.15, 0.2) is 59.7 Å².